The van der Waals surface area contributed by atoms with Gasteiger partial charge in [-0.05, 0) is 30.4 Å². The molecule has 1 aromatic carbocycles. The number of amides is 2. The van der Waals surface area contributed by atoms with E-state index in [1.165, 1.54) is 0 Å². The van der Waals surface area contributed by atoms with Crippen LogP contribution in [0.5, 0.6) is 0 Å². The van der Waals surface area contributed by atoms with Gasteiger partial charge < -0.3 is 10.4 Å². The first kappa shape index (κ1) is 17.0. The molecule has 1 aromatic rings. The average molecular weight is 292 g/mol. The van der Waals surface area contributed by atoms with Crippen molar-refractivity contribution in [1.82, 2.24) is 5.32 Å². The predicted octanol–water partition coefficient (Wildman–Crippen LogP) is 3.11. The SMILES string of the molecule is CN(C(=O)NCCC(C)(C)CCC(=O)O)c1ccccc1. The Kier molecular flexibility index (Phi) is 6.21. The number of carboxylic acids is 1. The number of nitrogens with zero attached hydrogens (tertiary/aromatic N) is 1. The molecule has 0 aromatic heterocycles. The highest BCUT2D eigenvalue weighted by Gasteiger charge is 2.19. The Morgan fingerprint density at radius 2 is 1.81 bits per heavy atom. The number of carbonyl (C=O) groups excluding carboxylic acids is 1. The first-order valence-electron chi connectivity index (χ1n) is 7.10. The Balaban J connectivity index is 2.38. The van der Waals surface area contributed by atoms with E-state index >= 15 is 0 Å². The van der Waals surface area contributed by atoms with Crippen molar-refractivity contribution >= 4 is 17.7 Å². The van der Waals surface area contributed by atoms with Crippen molar-refractivity contribution in [1.29, 1.82) is 0 Å². The predicted molar refractivity (Wildman–Crippen MR) is 83.5 cm³/mol. The van der Waals surface area contributed by atoms with Crippen LogP contribution in [0.1, 0.15) is 33.1 Å². The number of urea groups is 1. The summed E-state index contributed by atoms with van der Waals surface area (Å²) in [5.74, 6) is -0.782. The van der Waals surface area contributed by atoms with Gasteiger partial charge in [0.2, 0.25) is 0 Å². The molecule has 0 aliphatic rings. The second kappa shape index (κ2) is 7.67. The summed E-state index contributed by atoms with van der Waals surface area (Å²) < 4.78 is 0. The summed E-state index contributed by atoms with van der Waals surface area (Å²) in [5.41, 5.74) is 0.733. The molecule has 5 heteroatoms. The Labute approximate surface area is 126 Å². The first-order chi connectivity index (χ1) is 9.82. The highest BCUT2D eigenvalue weighted by molar-refractivity contribution is 5.91. The third kappa shape index (κ3) is 6.29. The molecule has 5 nitrogen and oxygen atoms in total. The maximum Gasteiger partial charge on any atom is 0.321 e. The van der Waals surface area contributed by atoms with Crippen LogP contribution in [0.4, 0.5) is 10.5 Å². The summed E-state index contributed by atoms with van der Waals surface area (Å²) in [4.78, 5) is 24.2. The van der Waals surface area contributed by atoms with Gasteiger partial charge in [-0.25, -0.2) is 4.79 Å². The fourth-order valence-corrected chi connectivity index (χ4v) is 1.97. The van der Waals surface area contributed by atoms with Crippen LogP contribution in [-0.2, 0) is 4.79 Å². The molecule has 2 amide bonds. The second-order valence-electron chi connectivity index (χ2n) is 5.93. The zero-order valence-corrected chi connectivity index (χ0v) is 12.9. The van der Waals surface area contributed by atoms with E-state index in [9.17, 15) is 9.59 Å². The third-order valence-electron chi connectivity index (χ3n) is 3.54. The van der Waals surface area contributed by atoms with E-state index in [-0.39, 0.29) is 17.9 Å². The zero-order chi connectivity index (χ0) is 15.9. The highest BCUT2D eigenvalue weighted by Crippen LogP contribution is 2.26. The fourth-order valence-electron chi connectivity index (χ4n) is 1.97. The standard InChI is InChI=1S/C16H24N2O3/c1-16(2,10-9-14(19)20)11-12-17-15(21)18(3)13-7-5-4-6-8-13/h4-8H,9-12H2,1-3H3,(H,17,21)(H,19,20). The van der Waals surface area contributed by atoms with E-state index in [4.69, 9.17) is 5.11 Å². The van der Waals surface area contributed by atoms with Gasteiger partial charge in [0, 0.05) is 25.7 Å². The van der Waals surface area contributed by atoms with Gasteiger partial charge in [-0.2, -0.15) is 0 Å². The Bertz CT molecular complexity index is 472. The summed E-state index contributed by atoms with van der Waals surface area (Å²) in [6.45, 7) is 4.56. The van der Waals surface area contributed by atoms with Crippen LogP contribution in [0.15, 0.2) is 30.3 Å². The van der Waals surface area contributed by atoms with Crippen LogP contribution >= 0.6 is 0 Å². The van der Waals surface area contributed by atoms with E-state index in [1.807, 2.05) is 44.2 Å². The van der Waals surface area contributed by atoms with E-state index in [1.54, 1.807) is 11.9 Å². The fraction of sp³-hybridized carbons (Fsp3) is 0.500. The van der Waals surface area contributed by atoms with Crippen molar-refractivity contribution in [2.24, 2.45) is 5.41 Å². The lowest BCUT2D eigenvalue weighted by Gasteiger charge is -2.25. The Morgan fingerprint density at radius 3 is 2.38 bits per heavy atom. The second-order valence-corrected chi connectivity index (χ2v) is 5.93. The third-order valence-corrected chi connectivity index (χ3v) is 3.54. The molecular weight excluding hydrogens is 268 g/mol. The minimum absolute atomic E-state index is 0.100. The Morgan fingerprint density at radius 1 is 1.19 bits per heavy atom. The van der Waals surface area contributed by atoms with Gasteiger partial charge >= 0.3 is 12.0 Å². The van der Waals surface area contributed by atoms with Crippen LogP contribution in [0, 0.1) is 5.41 Å². The van der Waals surface area contributed by atoms with Crippen LogP contribution in [0.25, 0.3) is 0 Å². The minimum Gasteiger partial charge on any atom is -0.481 e. The van der Waals surface area contributed by atoms with Gasteiger partial charge in [0.25, 0.3) is 0 Å². The molecule has 21 heavy (non-hydrogen) atoms. The Hall–Kier alpha value is -2.04. The lowest BCUT2D eigenvalue weighted by Crippen LogP contribution is -2.38. The number of hydrogen-bond acceptors (Lipinski definition) is 2. The molecule has 0 fully saturated rings. The highest BCUT2D eigenvalue weighted by atomic mass is 16.4. The van der Waals surface area contributed by atoms with E-state index < -0.39 is 5.97 Å². The molecule has 1 rings (SSSR count). The minimum atomic E-state index is -0.782. The number of anilines is 1. The summed E-state index contributed by atoms with van der Waals surface area (Å²) in [6, 6.07) is 9.25. The number of para-hydroxylation sites is 1. The normalized spacial score (nSPS) is 11.0. The summed E-state index contributed by atoms with van der Waals surface area (Å²) in [7, 11) is 1.72. The molecule has 0 spiro atoms. The number of benzene rings is 1. The van der Waals surface area contributed by atoms with Crippen LogP contribution in [0.3, 0.4) is 0 Å². The number of carbonyl (C=O) groups is 2. The molecule has 2 N–H and O–H groups in total. The summed E-state index contributed by atoms with van der Waals surface area (Å²) in [6.07, 6.45) is 1.51. The van der Waals surface area contributed by atoms with Crippen LogP contribution in [0.2, 0.25) is 0 Å². The zero-order valence-electron chi connectivity index (χ0n) is 12.9. The molecular formula is C16H24N2O3. The lowest BCUT2D eigenvalue weighted by molar-refractivity contribution is -0.137. The van der Waals surface area contributed by atoms with E-state index in [2.05, 4.69) is 5.32 Å². The van der Waals surface area contributed by atoms with Crippen molar-refractivity contribution in [3.05, 3.63) is 30.3 Å². The monoisotopic (exact) mass is 292 g/mol. The topological polar surface area (TPSA) is 69.6 Å². The number of hydrogen-bond donors (Lipinski definition) is 2. The number of carboxylic acid groups (broad SMARTS) is 1. The molecule has 0 bridgehead atoms. The van der Waals surface area contributed by atoms with Crippen LogP contribution in [-0.4, -0.2) is 30.7 Å². The number of aliphatic carboxylic acids is 1. The molecule has 0 saturated carbocycles. The van der Waals surface area contributed by atoms with Gasteiger partial charge in [-0.15, -0.1) is 0 Å². The molecule has 0 atom stereocenters. The first-order valence-corrected chi connectivity index (χ1v) is 7.10. The molecule has 0 radical (unpaired) electrons. The molecule has 0 saturated heterocycles. The van der Waals surface area contributed by atoms with Gasteiger partial charge in [-0.3, -0.25) is 9.69 Å². The average Bonchev–Trinajstić information content (AvgIpc) is 2.45. The number of rotatable bonds is 7. The quantitative estimate of drug-likeness (QED) is 0.811. The smallest absolute Gasteiger partial charge is 0.321 e. The molecule has 116 valence electrons. The molecule has 0 unspecified atom stereocenters. The van der Waals surface area contributed by atoms with Crippen LogP contribution < -0.4 is 10.2 Å². The molecule has 0 aliphatic heterocycles. The van der Waals surface area contributed by atoms with Gasteiger partial charge in [0.15, 0.2) is 0 Å². The summed E-state index contributed by atoms with van der Waals surface area (Å²) in [5, 5.41) is 11.6. The van der Waals surface area contributed by atoms with Gasteiger partial charge in [0.05, 0.1) is 0 Å². The maximum absolute atomic E-state index is 12.0. The van der Waals surface area contributed by atoms with E-state index in [0.717, 1.165) is 12.1 Å². The summed E-state index contributed by atoms with van der Waals surface area (Å²) >= 11 is 0. The van der Waals surface area contributed by atoms with Crippen molar-refractivity contribution in [2.75, 3.05) is 18.5 Å². The molecule has 0 aliphatic carbocycles. The van der Waals surface area contributed by atoms with Gasteiger partial charge in [-0.1, -0.05) is 32.0 Å². The largest absolute Gasteiger partial charge is 0.481 e. The number of nitrogens with one attached hydrogen (secondary N) is 1. The lowest BCUT2D eigenvalue weighted by atomic mass is 9.84. The van der Waals surface area contributed by atoms with Crippen molar-refractivity contribution < 1.29 is 14.7 Å². The maximum atomic E-state index is 12.0. The van der Waals surface area contributed by atoms with Crippen molar-refractivity contribution in [3.63, 3.8) is 0 Å². The molecule has 0 heterocycles. The van der Waals surface area contributed by atoms with Gasteiger partial charge in [0.1, 0.15) is 0 Å². The van der Waals surface area contributed by atoms with E-state index in [0.29, 0.717) is 13.0 Å². The van der Waals surface area contributed by atoms with Crippen molar-refractivity contribution in [3.8, 4) is 0 Å². The van der Waals surface area contributed by atoms with Crippen molar-refractivity contribution in [2.45, 2.75) is 33.1 Å².